The van der Waals surface area contributed by atoms with E-state index in [-0.39, 0.29) is 18.1 Å². The Morgan fingerprint density at radius 3 is 2.60 bits per heavy atom. The number of aliphatic hydroxyl groups excluding tert-OH is 2. The van der Waals surface area contributed by atoms with E-state index in [2.05, 4.69) is 0 Å². The topological polar surface area (TPSA) is 57.5 Å². The highest BCUT2D eigenvalue weighted by Crippen LogP contribution is 2.20. The predicted molar refractivity (Wildman–Crippen MR) is 35.4 cm³/mol. The molecule has 0 heterocycles. The summed E-state index contributed by atoms with van der Waals surface area (Å²) in [6, 6.07) is 0. The molecule has 0 aromatic heterocycles. The van der Waals surface area contributed by atoms with Crippen molar-refractivity contribution in [2.75, 3.05) is 0 Å². The van der Waals surface area contributed by atoms with E-state index >= 15 is 0 Å². The maximum Gasteiger partial charge on any atom is 0.140 e. The summed E-state index contributed by atoms with van der Waals surface area (Å²) in [7, 11) is 0. The van der Waals surface area contributed by atoms with E-state index in [0.717, 1.165) is 0 Å². The Morgan fingerprint density at radius 2 is 2.10 bits per heavy atom. The molecular formula is C7H12O3. The van der Waals surface area contributed by atoms with Crippen molar-refractivity contribution in [3.05, 3.63) is 0 Å². The molecule has 0 radical (unpaired) electrons. The molecule has 1 saturated carbocycles. The van der Waals surface area contributed by atoms with Crippen LogP contribution in [0.25, 0.3) is 0 Å². The zero-order valence-electron chi connectivity index (χ0n) is 5.95. The lowest BCUT2D eigenvalue weighted by atomic mass is 9.85. The summed E-state index contributed by atoms with van der Waals surface area (Å²) >= 11 is 0. The number of ketones is 1. The standard InChI is InChI=1S/C7H12O3/c1-4-6(9)2-5(8)3-7(4)10/h4-6,8-9H,2-3H2,1H3. The van der Waals surface area contributed by atoms with Crippen LogP contribution in [-0.4, -0.2) is 28.2 Å². The van der Waals surface area contributed by atoms with Crippen LogP contribution in [0.4, 0.5) is 0 Å². The fourth-order valence-electron chi connectivity index (χ4n) is 1.20. The predicted octanol–water partition coefficient (Wildman–Crippen LogP) is -0.293. The number of carbonyl (C=O) groups excluding carboxylic acids is 1. The molecule has 1 aliphatic rings. The van der Waals surface area contributed by atoms with Crippen LogP contribution in [0.2, 0.25) is 0 Å². The Labute approximate surface area is 59.7 Å². The Bertz CT molecular complexity index is 144. The van der Waals surface area contributed by atoms with Gasteiger partial charge in [-0.05, 0) is 0 Å². The van der Waals surface area contributed by atoms with Crippen molar-refractivity contribution in [1.82, 2.24) is 0 Å². The minimum absolute atomic E-state index is 0.0359. The molecule has 3 nitrogen and oxygen atoms in total. The second kappa shape index (κ2) is 2.68. The van der Waals surface area contributed by atoms with Crippen molar-refractivity contribution >= 4 is 5.78 Å². The average Bonchev–Trinajstić information content (AvgIpc) is 1.82. The number of hydrogen-bond donors (Lipinski definition) is 2. The van der Waals surface area contributed by atoms with Gasteiger partial charge in [0.1, 0.15) is 5.78 Å². The Kier molecular flexibility index (Phi) is 2.06. The third-order valence-corrected chi connectivity index (χ3v) is 2.04. The van der Waals surface area contributed by atoms with Crippen molar-refractivity contribution in [2.24, 2.45) is 5.92 Å². The molecule has 1 rings (SSSR count). The first kappa shape index (κ1) is 7.69. The molecule has 3 atom stereocenters. The molecule has 0 aromatic carbocycles. The maximum absolute atomic E-state index is 10.9. The van der Waals surface area contributed by atoms with Gasteiger partial charge in [-0.25, -0.2) is 0 Å². The van der Waals surface area contributed by atoms with Crippen molar-refractivity contribution < 1.29 is 15.0 Å². The van der Waals surface area contributed by atoms with Crippen LogP contribution < -0.4 is 0 Å². The molecule has 3 heteroatoms. The molecule has 1 fully saturated rings. The minimum atomic E-state index is -0.642. The fourth-order valence-corrected chi connectivity index (χ4v) is 1.20. The molecule has 2 N–H and O–H groups in total. The Hall–Kier alpha value is -0.410. The van der Waals surface area contributed by atoms with Crippen LogP contribution in [0.3, 0.4) is 0 Å². The first-order valence-electron chi connectivity index (χ1n) is 3.50. The third kappa shape index (κ3) is 1.36. The smallest absolute Gasteiger partial charge is 0.140 e. The van der Waals surface area contributed by atoms with Gasteiger partial charge in [-0.3, -0.25) is 4.79 Å². The van der Waals surface area contributed by atoms with E-state index in [0.29, 0.717) is 6.42 Å². The lowest BCUT2D eigenvalue weighted by Crippen LogP contribution is -2.37. The minimum Gasteiger partial charge on any atom is -0.393 e. The molecule has 0 saturated heterocycles. The Morgan fingerprint density at radius 1 is 1.50 bits per heavy atom. The first-order chi connectivity index (χ1) is 4.61. The summed E-state index contributed by atoms with van der Waals surface area (Å²) in [6.07, 6.45) is -0.722. The van der Waals surface area contributed by atoms with E-state index in [9.17, 15) is 4.79 Å². The van der Waals surface area contributed by atoms with Gasteiger partial charge < -0.3 is 10.2 Å². The maximum atomic E-state index is 10.9. The molecule has 0 spiro atoms. The van der Waals surface area contributed by atoms with Gasteiger partial charge in [0.05, 0.1) is 12.2 Å². The number of carbonyl (C=O) groups is 1. The molecule has 58 valence electrons. The fraction of sp³-hybridized carbons (Fsp3) is 0.857. The van der Waals surface area contributed by atoms with Gasteiger partial charge >= 0.3 is 0 Å². The van der Waals surface area contributed by atoms with Crippen LogP contribution in [0.5, 0.6) is 0 Å². The van der Waals surface area contributed by atoms with Crippen molar-refractivity contribution in [2.45, 2.75) is 32.0 Å². The van der Waals surface area contributed by atoms with Crippen molar-refractivity contribution in [3.8, 4) is 0 Å². The highest BCUT2D eigenvalue weighted by Gasteiger charge is 2.31. The van der Waals surface area contributed by atoms with Crippen molar-refractivity contribution in [1.29, 1.82) is 0 Å². The van der Waals surface area contributed by atoms with Gasteiger partial charge in [0.2, 0.25) is 0 Å². The molecule has 0 bridgehead atoms. The molecule has 1 aliphatic carbocycles. The molecule has 10 heavy (non-hydrogen) atoms. The SMILES string of the molecule is CC1C(=O)CC(O)CC1O. The number of rotatable bonds is 0. The monoisotopic (exact) mass is 144 g/mol. The van der Waals surface area contributed by atoms with Crippen LogP contribution in [0.1, 0.15) is 19.8 Å². The summed E-state index contributed by atoms with van der Waals surface area (Å²) in [5, 5.41) is 18.1. The van der Waals surface area contributed by atoms with Crippen LogP contribution >= 0.6 is 0 Å². The summed E-state index contributed by atoms with van der Waals surface area (Å²) in [5.74, 6) is -0.324. The van der Waals surface area contributed by atoms with Crippen LogP contribution in [0, 0.1) is 5.92 Å². The van der Waals surface area contributed by atoms with Gasteiger partial charge in [0.25, 0.3) is 0 Å². The second-order valence-corrected chi connectivity index (χ2v) is 2.92. The molecule has 0 aromatic rings. The van der Waals surface area contributed by atoms with Gasteiger partial charge in [-0.2, -0.15) is 0 Å². The summed E-state index contributed by atoms with van der Waals surface area (Å²) < 4.78 is 0. The third-order valence-electron chi connectivity index (χ3n) is 2.04. The molecule has 3 unspecified atom stereocenters. The lowest BCUT2D eigenvalue weighted by molar-refractivity contribution is -0.133. The highest BCUT2D eigenvalue weighted by molar-refractivity contribution is 5.82. The number of aliphatic hydroxyl groups is 2. The first-order valence-corrected chi connectivity index (χ1v) is 3.50. The van der Waals surface area contributed by atoms with Gasteiger partial charge in [0, 0.05) is 18.8 Å². The second-order valence-electron chi connectivity index (χ2n) is 2.92. The number of hydrogen-bond acceptors (Lipinski definition) is 3. The quantitative estimate of drug-likeness (QED) is 0.491. The zero-order valence-corrected chi connectivity index (χ0v) is 5.95. The van der Waals surface area contributed by atoms with Crippen LogP contribution in [-0.2, 0) is 4.79 Å². The molecule has 0 amide bonds. The van der Waals surface area contributed by atoms with E-state index in [4.69, 9.17) is 10.2 Å². The average molecular weight is 144 g/mol. The van der Waals surface area contributed by atoms with Gasteiger partial charge in [0.15, 0.2) is 0 Å². The molecule has 0 aliphatic heterocycles. The van der Waals surface area contributed by atoms with Crippen LogP contribution in [0.15, 0.2) is 0 Å². The normalized spacial score (nSPS) is 41.9. The van der Waals surface area contributed by atoms with E-state index < -0.39 is 12.2 Å². The summed E-state index contributed by atoms with van der Waals surface area (Å²) in [4.78, 5) is 10.9. The van der Waals surface area contributed by atoms with Gasteiger partial charge in [-0.1, -0.05) is 6.92 Å². The van der Waals surface area contributed by atoms with E-state index in [1.165, 1.54) is 0 Å². The largest absolute Gasteiger partial charge is 0.393 e. The Balaban J connectivity index is 2.57. The lowest BCUT2D eigenvalue weighted by Gasteiger charge is -2.26. The number of Topliss-reactive ketones (excluding diaryl/α,β-unsaturated/α-hetero) is 1. The highest BCUT2D eigenvalue weighted by atomic mass is 16.3. The van der Waals surface area contributed by atoms with Crippen molar-refractivity contribution in [3.63, 3.8) is 0 Å². The van der Waals surface area contributed by atoms with E-state index in [1.54, 1.807) is 6.92 Å². The van der Waals surface area contributed by atoms with E-state index in [1.807, 2.05) is 0 Å². The summed E-state index contributed by atoms with van der Waals surface area (Å²) in [5.41, 5.74) is 0. The molecular weight excluding hydrogens is 132 g/mol. The summed E-state index contributed by atoms with van der Waals surface area (Å²) in [6.45, 7) is 1.69. The zero-order chi connectivity index (χ0) is 7.72. The van der Waals surface area contributed by atoms with Gasteiger partial charge in [-0.15, -0.1) is 0 Å².